The van der Waals surface area contributed by atoms with E-state index in [4.69, 9.17) is 4.42 Å². The standard InChI is InChI=1S/C23H22N4O3S/c28-31(29,27-13-11-16-6-1-3-9-19(16)27)17-7-5-12-26(14-17)23-22-21(24-15-25-23)18-8-2-4-10-20(18)30-22/h1-4,6,8-10,15,17H,5,7,11-14H2. The largest absolute Gasteiger partial charge is 0.450 e. The summed E-state index contributed by atoms with van der Waals surface area (Å²) in [5.74, 6) is 0.669. The van der Waals surface area contributed by atoms with Gasteiger partial charge in [0.1, 0.15) is 17.4 Å². The second kappa shape index (κ2) is 6.95. The van der Waals surface area contributed by atoms with Crippen molar-refractivity contribution in [1.29, 1.82) is 0 Å². The Labute approximate surface area is 180 Å². The quantitative estimate of drug-likeness (QED) is 0.489. The van der Waals surface area contributed by atoms with Crippen molar-refractivity contribution < 1.29 is 12.8 Å². The van der Waals surface area contributed by atoms with E-state index in [9.17, 15) is 8.42 Å². The highest BCUT2D eigenvalue weighted by molar-refractivity contribution is 7.93. The number of sulfonamides is 1. The molecule has 2 aliphatic rings. The first-order chi connectivity index (χ1) is 15.1. The van der Waals surface area contributed by atoms with Crippen LogP contribution < -0.4 is 9.21 Å². The lowest BCUT2D eigenvalue weighted by Crippen LogP contribution is -2.48. The molecule has 158 valence electrons. The maximum absolute atomic E-state index is 13.6. The Bertz CT molecular complexity index is 1400. The van der Waals surface area contributed by atoms with Gasteiger partial charge in [-0.15, -0.1) is 0 Å². The number of benzene rings is 2. The first kappa shape index (κ1) is 18.6. The van der Waals surface area contributed by atoms with Gasteiger partial charge in [-0.05, 0) is 43.0 Å². The second-order valence-corrected chi connectivity index (χ2v) is 10.3. The molecule has 1 saturated heterocycles. The zero-order valence-electron chi connectivity index (χ0n) is 16.9. The molecular weight excluding hydrogens is 412 g/mol. The van der Waals surface area contributed by atoms with E-state index in [0.29, 0.717) is 30.9 Å². The average Bonchev–Trinajstić information content (AvgIpc) is 3.41. The topological polar surface area (TPSA) is 79.5 Å². The van der Waals surface area contributed by atoms with Crippen LogP contribution in [0.5, 0.6) is 0 Å². The van der Waals surface area contributed by atoms with E-state index in [1.54, 1.807) is 4.31 Å². The summed E-state index contributed by atoms with van der Waals surface area (Å²) in [5, 5.41) is 0.456. The van der Waals surface area contributed by atoms with Gasteiger partial charge in [-0.2, -0.15) is 0 Å². The minimum Gasteiger partial charge on any atom is -0.450 e. The molecule has 6 rings (SSSR count). The van der Waals surface area contributed by atoms with Crippen LogP contribution in [-0.2, 0) is 16.4 Å². The van der Waals surface area contributed by atoms with Gasteiger partial charge in [-0.3, -0.25) is 4.31 Å². The molecule has 1 fully saturated rings. The van der Waals surface area contributed by atoms with Crippen LogP contribution in [0.15, 0.2) is 59.3 Å². The predicted octanol–water partition coefficient (Wildman–Crippen LogP) is 3.74. The Morgan fingerprint density at radius 1 is 1.00 bits per heavy atom. The monoisotopic (exact) mass is 434 g/mol. The van der Waals surface area contributed by atoms with Gasteiger partial charge < -0.3 is 9.32 Å². The number of aromatic nitrogens is 2. The normalized spacial score (nSPS) is 19.3. The maximum Gasteiger partial charge on any atom is 0.239 e. The third-order valence-electron chi connectivity index (χ3n) is 6.39. The maximum atomic E-state index is 13.6. The highest BCUT2D eigenvalue weighted by atomic mass is 32.2. The fraction of sp³-hybridized carbons (Fsp3) is 0.304. The molecule has 0 radical (unpaired) electrons. The van der Waals surface area contributed by atoms with Gasteiger partial charge in [0.2, 0.25) is 10.0 Å². The fourth-order valence-corrected chi connectivity index (χ4v) is 6.85. The van der Waals surface area contributed by atoms with Gasteiger partial charge in [0.15, 0.2) is 11.4 Å². The van der Waals surface area contributed by atoms with E-state index in [2.05, 4.69) is 9.97 Å². The number of hydrogen-bond acceptors (Lipinski definition) is 6. The molecule has 0 saturated carbocycles. The van der Waals surface area contributed by atoms with Crippen LogP contribution in [0.4, 0.5) is 11.5 Å². The zero-order chi connectivity index (χ0) is 21.0. The van der Waals surface area contributed by atoms with Crippen LogP contribution in [-0.4, -0.2) is 43.3 Å². The zero-order valence-corrected chi connectivity index (χ0v) is 17.8. The molecule has 2 aromatic carbocycles. The number of para-hydroxylation sites is 2. The fourth-order valence-electron chi connectivity index (χ4n) is 4.86. The number of rotatable bonds is 3. The minimum absolute atomic E-state index is 0.393. The summed E-state index contributed by atoms with van der Waals surface area (Å²) < 4.78 is 34.8. The number of fused-ring (bicyclic) bond motifs is 4. The summed E-state index contributed by atoms with van der Waals surface area (Å²) >= 11 is 0. The molecule has 2 aliphatic heterocycles. The first-order valence-corrected chi connectivity index (χ1v) is 12.1. The lowest BCUT2D eigenvalue weighted by atomic mass is 10.1. The summed E-state index contributed by atoms with van der Waals surface area (Å²) in [6.07, 6.45) is 3.72. The predicted molar refractivity (Wildman–Crippen MR) is 121 cm³/mol. The molecule has 31 heavy (non-hydrogen) atoms. The average molecular weight is 435 g/mol. The van der Waals surface area contributed by atoms with E-state index in [0.717, 1.165) is 47.1 Å². The third-order valence-corrected chi connectivity index (χ3v) is 8.61. The van der Waals surface area contributed by atoms with E-state index < -0.39 is 15.3 Å². The Kier molecular flexibility index (Phi) is 4.17. The third kappa shape index (κ3) is 2.89. The Balaban J connectivity index is 1.35. The van der Waals surface area contributed by atoms with Crippen LogP contribution in [0.2, 0.25) is 0 Å². The summed E-state index contributed by atoms with van der Waals surface area (Å²) in [6.45, 7) is 1.65. The van der Waals surface area contributed by atoms with Gasteiger partial charge >= 0.3 is 0 Å². The highest BCUT2D eigenvalue weighted by Crippen LogP contribution is 2.36. The van der Waals surface area contributed by atoms with Gasteiger partial charge in [0.05, 0.1) is 10.9 Å². The van der Waals surface area contributed by atoms with Crippen molar-refractivity contribution in [2.75, 3.05) is 28.8 Å². The molecule has 0 bridgehead atoms. The molecular formula is C23H22N4O3S. The molecule has 0 aliphatic carbocycles. The van der Waals surface area contributed by atoms with Gasteiger partial charge in [0.25, 0.3) is 0 Å². The van der Waals surface area contributed by atoms with Gasteiger partial charge in [-0.1, -0.05) is 30.3 Å². The Hall–Kier alpha value is -3.13. The van der Waals surface area contributed by atoms with E-state index >= 15 is 0 Å². The summed E-state index contributed by atoms with van der Waals surface area (Å²) in [5.41, 5.74) is 4.06. The van der Waals surface area contributed by atoms with Crippen molar-refractivity contribution in [2.24, 2.45) is 0 Å². The molecule has 1 unspecified atom stereocenters. The molecule has 8 heteroatoms. The van der Waals surface area contributed by atoms with Crippen molar-refractivity contribution in [3.63, 3.8) is 0 Å². The van der Waals surface area contributed by atoms with E-state index in [-0.39, 0.29) is 0 Å². The molecule has 1 atom stereocenters. The van der Waals surface area contributed by atoms with Crippen molar-refractivity contribution in [3.8, 4) is 0 Å². The summed E-state index contributed by atoms with van der Waals surface area (Å²) in [6, 6.07) is 15.6. The Morgan fingerprint density at radius 3 is 2.77 bits per heavy atom. The number of hydrogen-bond donors (Lipinski definition) is 0. The van der Waals surface area contributed by atoms with Crippen LogP contribution in [0.3, 0.4) is 0 Å². The van der Waals surface area contributed by atoms with Crippen LogP contribution >= 0.6 is 0 Å². The van der Waals surface area contributed by atoms with Crippen LogP contribution in [0.1, 0.15) is 18.4 Å². The number of piperidine rings is 1. The molecule has 2 aromatic heterocycles. The van der Waals surface area contributed by atoms with E-state index in [1.807, 2.05) is 53.4 Å². The molecule has 4 aromatic rings. The summed E-state index contributed by atoms with van der Waals surface area (Å²) in [7, 11) is -3.48. The molecule has 0 amide bonds. The smallest absolute Gasteiger partial charge is 0.239 e. The lowest BCUT2D eigenvalue weighted by Gasteiger charge is -2.35. The van der Waals surface area contributed by atoms with Gasteiger partial charge in [0, 0.05) is 25.0 Å². The van der Waals surface area contributed by atoms with Gasteiger partial charge in [-0.25, -0.2) is 18.4 Å². The lowest BCUT2D eigenvalue weighted by molar-refractivity contribution is 0.526. The molecule has 0 N–H and O–H groups in total. The van der Waals surface area contributed by atoms with Crippen molar-refractivity contribution in [2.45, 2.75) is 24.5 Å². The first-order valence-electron chi connectivity index (χ1n) is 10.6. The number of nitrogens with zero attached hydrogens (tertiary/aromatic N) is 4. The van der Waals surface area contributed by atoms with Crippen molar-refractivity contribution >= 4 is 43.6 Å². The minimum atomic E-state index is -3.48. The van der Waals surface area contributed by atoms with E-state index in [1.165, 1.54) is 6.33 Å². The molecule has 7 nitrogen and oxygen atoms in total. The second-order valence-electron chi connectivity index (χ2n) is 8.18. The summed E-state index contributed by atoms with van der Waals surface area (Å²) in [4.78, 5) is 11.0. The molecule has 4 heterocycles. The number of anilines is 2. The van der Waals surface area contributed by atoms with Crippen LogP contribution in [0.25, 0.3) is 22.1 Å². The Morgan fingerprint density at radius 2 is 1.84 bits per heavy atom. The highest BCUT2D eigenvalue weighted by Gasteiger charge is 2.39. The SMILES string of the molecule is O=S(=O)(C1CCCN(c2ncnc3c2oc2ccccc23)C1)N1CCc2ccccc21. The number of furan rings is 1. The van der Waals surface area contributed by atoms with Crippen LogP contribution in [0, 0.1) is 0 Å². The molecule has 0 spiro atoms. The van der Waals surface area contributed by atoms with Crippen molar-refractivity contribution in [1.82, 2.24) is 9.97 Å². The van der Waals surface area contributed by atoms with Crippen molar-refractivity contribution in [3.05, 3.63) is 60.4 Å².